The van der Waals surface area contributed by atoms with E-state index in [1.807, 2.05) is 48.5 Å². The van der Waals surface area contributed by atoms with Crippen LogP contribution < -0.4 is 5.32 Å². The summed E-state index contributed by atoms with van der Waals surface area (Å²) < 4.78 is 0. The summed E-state index contributed by atoms with van der Waals surface area (Å²) in [5, 5.41) is 6.32. The van der Waals surface area contributed by atoms with Gasteiger partial charge in [-0.1, -0.05) is 72.3 Å². The number of hydrogen-bond acceptors (Lipinski definition) is 1. The van der Waals surface area contributed by atoms with Gasteiger partial charge in [0.2, 0.25) is 0 Å². The second-order valence-electron chi connectivity index (χ2n) is 4.49. The highest BCUT2D eigenvalue weighted by Gasteiger charge is 2.05. The maximum Gasteiger partial charge on any atom is 0.111 e. The fourth-order valence-electron chi connectivity index (χ4n) is 2.16. The summed E-state index contributed by atoms with van der Waals surface area (Å²) in [6.07, 6.45) is 0. The van der Waals surface area contributed by atoms with Crippen LogP contribution >= 0.6 is 23.8 Å². The maximum atomic E-state index is 6.00. The molecule has 0 saturated heterocycles. The predicted molar refractivity (Wildman–Crippen MR) is 90.7 cm³/mol. The molecule has 0 aliphatic carbocycles. The molecular formula is C17H12ClNS. The molecule has 3 aromatic rings. The molecule has 0 radical (unpaired) electrons. The summed E-state index contributed by atoms with van der Waals surface area (Å²) in [5.74, 6) is 0. The quantitative estimate of drug-likeness (QED) is 0.646. The highest BCUT2D eigenvalue weighted by Crippen LogP contribution is 2.24. The minimum atomic E-state index is 0.670. The number of benzene rings is 3. The first-order chi connectivity index (χ1) is 9.74. The van der Waals surface area contributed by atoms with Crippen LogP contribution in [0.2, 0.25) is 5.02 Å². The largest absolute Gasteiger partial charge is 0.346 e. The van der Waals surface area contributed by atoms with Crippen molar-refractivity contribution < 1.29 is 0 Å². The van der Waals surface area contributed by atoms with Crippen LogP contribution in [-0.2, 0) is 0 Å². The van der Waals surface area contributed by atoms with Gasteiger partial charge < -0.3 is 5.32 Å². The van der Waals surface area contributed by atoms with E-state index in [1.54, 1.807) is 0 Å². The Labute approximate surface area is 128 Å². The molecule has 3 rings (SSSR count). The Balaban J connectivity index is 1.95. The first kappa shape index (κ1) is 13.1. The molecule has 20 heavy (non-hydrogen) atoms. The van der Waals surface area contributed by atoms with E-state index in [1.165, 1.54) is 5.39 Å². The molecule has 0 unspecified atom stereocenters. The normalized spacial score (nSPS) is 10.4. The molecular weight excluding hydrogens is 286 g/mol. The van der Waals surface area contributed by atoms with Gasteiger partial charge in [-0.25, -0.2) is 0 Å². The van der Waals surface area contributed by atoms with Gasteiger partial charge in [0, 0.05) is 21.7 Å². The zero-order chi connectivity index (χ0) is 13.9. The first-order valence-electron chi connectivity index (χ1n) is 6.29. The molecule has 0 bridgehead atoms. The fourth-order valence-corrected chi connectivity index (χ4v) is 2.59. The van der Waals surface area contributed by atoms with Crippen molar-refractivity contribution >= 4 is 45.3 Å². The number of halogens is 1. The molecule has 0 saturated carbocycles. The van der Waals surface area contributed by atoms with Crippen molar-refractivity contribution in [3.8, 4) is 0 Å². The Morgan fingerprint density at radius 3 is 2.50 bits per heavy atom. The zero-order valence-electron chi connectivity index (χ0n) is 10.6. The fraction of sp³-hybridized carbons (Fsp3) is 0. The SMILES string of the molecule is S=C(Nc1cccc2ccccc12)c1cccc(Cl)c1. The highest BCUT2D eigenvalue weighted by molar-refractivity contribution is 7.81. The van der Waals surface area contributed by atoms with E-state index in [4.69, 9.17) is 23.8 Å². The van der Waals surface area contributed by atoms with E-state index in [0.717, 1.165) is 16.6 Å². The number of thiocarbonyl (C=S) groups is 1. The standard InChI is InChI=1S/C17H12ClNS/c18-14-8-3-7-13(11-14)17(20)19-16-10-4-6-12-5-1-2-9-15(12)16/h1-11H,(H,19,20). The molecule has 0 amide bonds. The van der Waals surface area contributed by atoms with Crippen LogP contribution in [0.4, 0.5) is 5.69 Å². The maximum absolute atomic E-state index is 6.00. The topological polar surface area (TPSA) is 12.0 Å². The lowest BCUT2D eigenvalue weighted by atomic mass is 10.1. The van der Waals surface area contributed by atoms with Gasteiger partial charge in [-0.2, -0.15) is 0 Å². The first-order valence-corrected chi connectivity index (χ1v) is 7.07. The number of hydrogen-bond donors (Lipinski definition) is 1. The molecule has 0 heterocycles. The van der Waals surface area contributed by atoms with Crippen molar-refractivity contribution in [1.82, 2.24) is 0 Å². The van der Waals surface area contributed by atoms with Crippen LogP contribution in [0.3, 0.4) is 0 Å². The van der Waals surface area contributed by atoms with E-state index in [-0.39, 0.29) is 0 Å². The van der Waals surface area contributed by atoms with Gasteiger partial charge in [0.25, 0.3) is 0 Å². The molecule has 0 spiro atoms. The van der Waals surface area contributed by atoms with Gasteiger partial charge in [-0.3, -0.25) is 0 Å². The zero-order valence-corrected chi connectivity index (χ0v) is 12.2. The van der Waals surface area contributed by atoms with Crippen LogP contribution in [0.1, 0.15) is 5.56 Å². The third kappa shape index (κ3) is 2.67. The summed E-state index contributed by atoms with van der Waals surface area (Å²) in [6.45, 7) is 0. The summed E-state index contributed by atoms with van der Waals surface area (Å²) in [6, 6.07) is 21.9. The van der Waals surface area contributed by atoms with Gasteiger partial charge in [-0.15, -0.1) is 0 Å². The molecule has 3 aromatic carbocycles. The number of nitrogens with one attached hydrogen (secondary N) is 1. The van der Waals surface area contributed by atoms with E-state index in [2.05, 4.69) is 23.5 Å². The van der Waals surface area contributed by atoms with Crippen LogP contribution in [-0.4, -0.2) is 4.99 Å². The lowest BCUT2D eigenvalue weighted by Gasteiger charge is -2.11. The summed E-state index contributed by atoms with van der Waals surface area (Å²) in [7, 11) is 0. The molecule has 1 N–H and O–H groups in total. The van der Waals surface area contributed by atoms with Gasteiger partial charge in [0.05, 0.1) is 0 Å². The van der Waals surface area contributed by atoms with Gasteiger partial charge in [-0.05, 0) is 23.6 Å². The van der Waals surface area contributed by atoms with Gasteiger partial charge >= 0.3 is 0 Å². The molecule has 0 fully saturated rings. The summed E-state index contributed by atoms with van der Waals surface area (Å²) in [4.78, 5) is 0.670. The third-order valence-electron chi connectivity index (χ3n) is 3.12. The Morgan fingerprint density at radius 1 is 0.900 bits per heavy atom. The summed E-state index contributed by atoms with van der Waals surface area (Å²) >= 11 is 11.5. The number of rotatable bonds is 2. The van der Waals surface area contributed by atoms with Crippen molar-refractivity contribution in [3.63, 3.8) is 0 Å². The Kier molecular flexibility index (Phi) is 3.68. The number of fused-ring (bicyclic) bond motifs is 1. The van der Waals surface area contributed by atoms with Crippen molar-refractivity contribution in [2.45, 2.75) is 0 Å². The van der Waals surface area contributed by atoms with Crippen LogP contribution in [0, 0.1) is 0 Å². The van der Waals surface area contributed by atoms with Crippen LogP contribution in [0.25, 0.3) is 10.8 Å². The molecule has 0 aromatic heterocycles. The third-order valence-corrected chi connectivity index (χ3v) is 3.70. The molecule has 3 heteroatoms. The molecule has 1 nitrogen and oxygen atoms in total. The van der Waals surface area contributed by atoms with Crippen LogP contribution in [0.15, 0.2) is 66.7 Å². The van der Waals surface area contributed by atoms with Gasteiger partial charge in [0.15, 0.2) is 0 Å². The molecule has 0 aliphatic heterocycles. The predicted octanol–water partition coefficient (Wildman–Crippen LogP) is 5.28. The Morgan fingerprint density at radius 2 is 1.65 bits per heavy atom. The Bertz CT molecular complexity index is 777. The second-order valence-corrected chi connectivity index (χ2v) is 5.34. The Hall–Kier alpha value is -1.90. The van der Waals surface area contributed by atoms with E-state index < -0.39 is 0 Å². The smallest absolute Gasteiger partial charge is 0.111 e. The lowest BCUT2D eigenvalue weighted by molar-refractivity contribution is 1.63. The molecule has 0 atom stereocenters. The minimum Gasteiger partial charge on any atom is -0.346 e. The number of anilines is 1. The average molecular weight is 298 g/mol. The van der Waals surface area contributed by atoms with E-state index >= 15 is 0 Å². The van der Waals surface area contributed by atoms with Gasteiger partial charge in [0.1, 0.15) is 4.99 Å². The monoisotopic (exact) mass is 297 g/mol. The van der Waals surface area contributed by atoms with Crippen molar-refractivity contribution in [2.24, 2.45) is 0 Å². The molecule has 0 aliphatic rings. The summed E-state index contributed by atoms with van der Waals surface area (Å²) in [5.41, 5.74) is 1.92. The second kappa shape index (κ2) is 5.61. The highest BCUT2D eigenvalue weighted by atomic mass is 35.5. The van der Waals surface area contributed by atoms with Crippen molar-refractivity contribution in [3.05, 3.63) is 77.3 Å². The van der Waals surface area contributed by atoms with Crippen molar-refractivity contribution in [2.75, 3.05) is 5.32 Å². The van der Waals surface area contributed by atoms with E-state index in [9.17, 15) is 0 Å². The van der Waals surface area contributed by atoms with Crippen LogP contribution in [0.5, 0.6) is 0 Å². The molecule has 98 valence electrons. The lowest BCUT2D eigenvalue weighted by Crippen LogP contribution is -2.10. The van der Waals surface area contributed by atoms with Crippen molar-refractivity contribution in [1.29, 1.82) is 0 Å². The minimum absolute atomic E-state index is 0.670. The average Bonchev–Trinajstić information content (AvgIpc) is 2.47. The van der Waals surface area contributed by atoms with E-state index in [0.29, 0.717) is 10.0 Å².